The largest absolute Gasteiger partial charge is 0.395 e. The van der Waals surface area contributed by atoms with Gasteiger partial charge in [-0.3, -0.25) is 9.59 Å². The van der Waals surface area contributed by atoms with Crippen molar-refractivity contribution in [3.63, 3.8) is 0 Å². The first kappa shape index (κ1) is 21.9. The van der Waals surface area contributed by atoms with Crippen LogP contribution in [0.2, 0.25) is 5.02 Å². The van der Waals surface area contributed by atoms with Crippen LogP contribution in [0.3, 0.4) is 0 Å². The molecule has 0 saturated carbocycles. The van der Waals surface area contributed by atoms with E-state index >= 15 is 0 Å². The first-order valence-corrected chi connectivity index (χ1v) is 9.89. The van der Waals surface area contributed by atoms with Crippen LogP contribution in [0, 0.1) is 0 Å². The number of aliphatic hydroxyl groups is 1. The Hall–Kier alpha value is -2.37. The second-order valence-electron chi connectivity index (χ2n) is 6.62. The normalized spacial score (nSPS) is 11.7. The Morgan fingerprint density at radius 3 is 2.36 bits per heavy atom. The van der Waals surface area contributed by atoms with E-state index in [0.717, 1.165) is 11.1 Å². The minimum atomic E-state index is -0.663. The number of benzene rings is 2. The number of carbonyl (C=O) groups excluding carboxylic acids is 2. The van der Waals surface area contributed by atoms with Gasteiger partial charge in [-0.2, -0.15) is 0 Å². The van der Waals surface area contributed by atoms with E-state index in [9.17, 15) is 9.59 Å². The lowest BCUT2D eigenvalue weighted by atomic mass is 10.0. The van der Waals surface area contributed by atoms with Gasteiger partial charge in [-0.05, 0) is 29.7 Å². The van der Waals surface area contributed by atoms with Crippen molar-refractivity contribution in [3.8, 4) is 0 Å². The summed E-state index contributed by atoms with van der Waals surface area (Å²) in [6, 6.07) is 16.2. The van der Waals surface area contributed by atoms with Gasteiger partial charge in [-0.25, -0.2) is 0 Å². The van der Waals surface area contributed by atoms with Crippen LogP contribution in [-0.2, 0) is 22.6 Å². The fourth-order valence-corrected chi connectivity index (χ4v) is 3.12. The van der Waals surface area contributed by atoms with Gasteiger partial charge in [-0.1, -0.05) is 61.0 Å². The second-order valence-corrected chi connectivity index (χ2v) is 7.05. The summed E-state index contributed by atoms with van der Waals surface area (Å²) >= 11 is 5.97. The van der Waals surface area contributed by atoms with Crippen molar-refractivity contribution in [1.82, 2.24) is 10.2 Å². The molecule has 0 fully saturated rings. The first-order chi connectivity index (χ1) is 13.5. The summed E-state index contributed by atoms with van der Waals surface area (Å²) in [4.78, 5) is 27.4. The maximum absolute atomic E-state index is 12.9. The van der Waals surface area contributed by atoms with Crippen LogP contribution in [0.1, 0.15) is 30.9 Å². The SMILES string of the molecule is CCCC(=O)N(Cc1ccc(Cl)cc1)C(Cc1ccccc1)C(=O)NCCO. The number of rotatable bonds is 10. The van der Waals surface area contributed by atoms with Crippen molar-refractivity contribution in [2.24, 2.45) is 0 Å². The third-order valence-electron chi connectivity index (χ3n) is 4.41. The summed E-state index contributed by atoms with van der Waals surface area (Å²) in [6.07, 6.45) is 1.47. The van der Waals surface area contributed by atoms with E-state index < -0.39 is 6.04 Å². The highest BCUT2D eigenvalue weighted by atomic mass is 35.5. The predicted molar refractivity (Wildman–Crippen MR) is 111 cm³/mol. The fraction of sp³-hybridized carbons (Fsp3) is 0.364. The average molecular weight is 403 g/mol. The number of hydrogen-bond acceptors (Lipinski definition) is 3. The molecule has 0 aromatic heterocycles. The number of nitrogens with zero attached hydrogens (tertiary/aromatic N) is 1. The Morgan fingerprint density at radius 1 is 1.07 bits per heavy atom. The molecule has 1 unspecified atom stereocenters. The molecule has 2 amide bonds. The lowest BCUT2D eigenvalue weighted by Crippen LogP contribution is -2.50. The Morgan fingerprint density at radius 2 is 1.75 bits per heavy atom. The molecular weight excluding hydrogens is 376 g/mol. The molecule has 2 aromatic rings. The average Bonchev–Trinajstić information content (AvgIpc) is 2.71. The van der Waals surface area contributed by atoms with E-state index in [0.29, 0.717) is 30.8 Å². The highest BCUT2D eigenvalue weighted by Gasteiger charge is 2.29. The van der Waals surface area contributed by atoms with Crippen LogP contribution in [0.5, 0.6) is 0 Å². The van der Waals surface area contributed by atoms with Gasteiger partial charge >= 0.3 is 0 Å². The number of carbonyl (C=O) groups is 2. The zero-order valence-corrected chi connectivity index (χ0v) is 16.9. The highest BCUT2D eigenvalue weighted by Crippen LogP contribution is 2.17. The first-order valence-electron chi connectivity index (χ1n) is 9.51. The van der Waals surface area contributed by atoms with Gasteiger partial charge in [0.05, 0.1) is 6.61 Å². The zero-order valence-electron chi connectivity index (χ0n) is 16.1. The van der Waals surface area contributed by atoms with Gasteiger partial charge in [0.15, 0.2) is 0 Å². The molecule has 0 spiro atoms. The van der Waals surface area contributed by atoms with Gasteiger partial charge in [0.25, 0.3) is 0 Å². The Labute approximate surface area is 171 Å². The Kier molecular flexibility index (Phi) is 8.98. The molecule has 2 N–H and O–H groups in total. The number of amides is 2. The smallest absolute Gasteiger partial charge is 0.243 e. The molecule has 0 bridgehead atoms. The summed E-state index contributed by atoms with van der Waals surface area (Å²) in [5, 5.41) is 12.4. The molecule has 6 heteroatoms. The molecule has 0 radical (unpaired) electrons. The minimum Gasteiger partial charge on any atom is -0.395 e. The van der Waals surface area contributed by atoms with Crippen molar-refractivity contribution in [2.45, 2.75) is 38.8 Å². The molecule has 2 aromatic carbocycles. The maximum atomic E-state index is 12.9. The lowest BCUT2D eigenvalue weighted by molar-refractivity contribution is -0.141. The molecular formula is C22H27ClN2O3. The van der Waals surface area contributed by atoms with Crippen molar-refractivity contribution in [3.05, 3.63) is 70.7 Å². The molecule has 5 nitrogen and oxygen atoms in total. The van der Waals surface area contributed by atoms with E-state index in [1.807, 2.05) is 49.4 Å². The Bertz CT molecular complexity index is 750. The second kappa shape index (κ2) is 11.5. The molecule has 0 aliphatic rings. The fourth-order valence-electron chi connectivity index (χ4n) is 2.99. The van der Waals surface area contributed by atoms with Gasteiger partial charge in [0, 0.05) is 31.0 Å². The standard InChI is InChI=1S/C22H27ClN2O3/c1-2-6-21(27)25(16-18-9-11-19(23)12-10-18)20(22(28)24-13-14-26)15-17-7-4-3-5-8-17/h3-5,7-12,20,26H,2,6,13-16H2,1H3,(H,24,28). The van der Waals surface area contributed by atoms with E-state index in [4.69, 9.17) is 16.7 Å². The summed E-state index contributed by atoms with van der Waals surface area (Å²) in [5.74, 6) is -0.339. The van der Waals surface area contributed by atoms with E-state index in [1.54, 1.807) is 17.0 Å². The third kappa shape index (κ3) is 6.66. The summed E-state index contributed by atoms with van der Waals surface area (Å²) < 4.78 is 0. The molecule has 150 valence electrons. The van der Waals surface area contributed by atoms with E-state index in [2.05, 4.69) is 5.32 Å². The van der Waals surface area contributed by atoms with Crippen LogP contribution in [0.25, 0.3) is 0 Å². The van der Waals surface area contributed by atoms with E-state index in [1.165, 1.54) is 0 Å². The Balaban J connectivity index is 2.32. The summed E-state index contributed by atoms with van der Waals surface area (Å²) in [6.45, 7) is 2.27. The number of aliphatic hydroxyl groups excluding tert-OH is 1. The van der Waals surface area contributed by atoms with Crippen molar-refractivity contribution in [1.29, 1.82) is 0 Å². The lowest BCUT2D eigenvalue weighted by Gasteiger charge is -2.31. The monoisotopic (exact) mass is 402 g/mol. The molecule has 0 aliphatic heterocycles. The molecule has 0 aliphatic carbocycles. The number of nitrogens with one attached hydrogen (secondary N) is 1. The molecule has 1 atom stereocenters. The van der Waals surface area contributed by atoms with Gasteiger partial charge < -0.3 is 15.3 Å². The summed E-state index contributed by atoms with van der Waals surface area (Å²) in [7, 11) is 0. The molecule has 2 rings (SSSR count). The summed E-state index contributed by atoms with van der Waals surface area (Å²) in [5.41, 5.74) is 1.87. The topological polar surface area (TPSA) is 69.6 Å². The number of hydrogen-bond donors (Lipinski definition) is 2. The van der Waals surface area contributed by atoms with Gasteiger partial charge in [0.2, 0.25) is 11.8 Å². The zero-order chi connectivity index (χ0) is 20.4. The van der Waals surface area contributed by atoms with Crippen LogP contribution in [-0.4, -0.2) is 41.0 Å². The van der Waals surface area contributed by atoms with Crippen molar-refractivity contribution < 1.29 is 14.7 Å². The maximum Gasteiger partial charge on any atom is 0.243 e. The van der Waals surface area contributed by atoms with E-state index in [-0.39, 0.29) is 25.0 Å². The highest BCUT2D eigenvalue weighted by molar-refractivity contribution is 6.30. The van der Waals surface area contributed by atoms with Crippen molar-refractivity contribution in [2.75, 3.05) is 13.2 Å². The van der Waals surface area contributed by atoms with Crippen molar-refractivity contribution >= 4 is 23.4 Å². The van der Waals surface area contributed by atoms with Crippen LogP contribution < -0.4 is 5.32 Å². The molecule has 0 saturated heterocycles. The molecule has 0 heterocycles. The minimum absolute atomic E-state index is 0.0717. The van der Waals surface area contributed by atoms with Gasteiger partial charge in [0.1, 0.15) is 6.04 Å². The number of halogens is 1. The van der Waals surface area contributed by atoms with Gasteiger partial charge in [-0.15, -0.1) is 0 Å². The van der Waals surface area contributed by atoms with Crippen LogP contribution in [0.4, 0.5) is 0 Å². The third-order valence-corrected chi connectivity index (χ3v) is 4.66. The van der Waals surface area contributed by atoms with Crippen LogP contribution in [0.15, 0.2) is 54.6 Å². The van der Waals surface area contributed by atoms with Crippen LogP contribution >= 0.6 is 11.6 Å². The predicted octanol–water partition coefficient (Wildman–Crippen LogP) is 3.19. The quantitative estimate of drug-likeness (QED) is 0.641. The molecule has 28 heavy (non-hydrogen) atoms.